The molecule has 3 rings (SSSR count). The van der Waals surface area contributed by atoms with E-state index in [1.54, 1.807) is 12.3 Å². The van der Waals surface area contributed by atoms with E-state index in [4.69, 9.17) is 0 Å². The van der Waals surface area contributed by atoms with Gasteiger partial charge < -0.3 is 4.57 Å². The molecule has 2 heterocycles. The second-order valence-corrected chi connectivity index (χ2v) is 9.04. The van der Waals surface area contributed by atoms with Gasteiger partial charge >= 0.3 is 0 Å². The molecule has 0 N–H and O–H groups in total. The first-order chi connectivity index (χ1) is 9.51. The zero-order valence-electron chi connectivity index (χ0n) is 11.9. The number of benzene rings is 1. The summed E-state index contributed by atoms with van der Waals surface area (Å²) in [5.74, 6) is -0.0173. The van der Waals surface area contributed by atoms with Crippen molar-refractivity contribution in [3.63, 3.8) is 0 Å². The molecule has 2 aromatic rings. The first-order valence-electron chi connectivity index (χ1n) is 7.18. The van der Waals surface area contributed by atoms with Gasteiger partial charge in [-0.15, -0.1) is 0 Å². The monoisotopic (exact) mass is 291 g/mol. The van der Waals surface area contributed by atoms with Crippen LogP contribution in [0, 0.1) is 5.82 Å². The summed E-state index contributed by atoms with van der Waals surface area (Å²) in [6.07, 6.45) is 5.41. The van der Waals surface area contributed by atoms with Gasteiger partial charge in [-0.2, -0.15) is 0 Å². The van der Waals surface area contributed by atoms with Gasteiger partial charge in [0, 0.05) is 35.3 Å². The van der Waals surface area contributed by atoms with Gasteiger partial charge in [0.2, 0.25) is 0 Å². The highest BCUT2D eigenvalue weighted by atomic mass is 31.2. The van der Waals surface area contributed by atoms with Crippen LogP contribution < -0.4 is 5.30 Å². The van der Waals surface area contributed by atoms with Crippen molar-refractivity contribution in [2.24, 2.45) is 0 Å². The average molecular weight is 291 g/mol. The summed E-state index contributed by atoms with van der Waals surface area (Å²) in [7, 11) is -2.34. The summed E-state index contributed by atoms with van der Waals surface area (Å²) in [5, 5.41) is 1.85. The average Bonchev–Trinajstić information content (AvgIpc) is 2.84. The molecule has 0 unspecified atom stereocenters. The molecule has 0 saturated carbocycles. The minimum Gasteiger partial charge on any atom is -0.319 e. The van der Waals surface area contributed by atoms with Crippen molar-refractivity contribution in [3.8, 4) is 0 Å². The molecule has 0 bridgehead atoms. The molecule has 4 heteroatoms. The third-order valence-electron chi connectivity index (χ3n) is 4.15. The molecule has 1 aromatic heterocycles. The Morgan fingerprint density at radius 1 is 1.25 bits per heavy atom. The summed E-state index contributed by atoms with van der Waals surface area (Å²) in [6.45, 7) is 4.19. The quantitative estimate of drug-likeness (QED) is 0.773. The minimum absolute atomic E-state index is 0.276. The third-order valence-corrected chi connectivity index (χ3v) is 7.54. The summed E-state index contributed by atoms with van der Waals surface area (Å²) in [5.41, 5.74) is 1.68. The summed E-state index contributed by atoms with van der Waals surface area (Å²) in [4.78, 5) is 4.37. The summed E-state index contributed by atoms with van der Waals surface area (Å²) in [6, 6.07) is 4.63. The van der Waals surface area contributed by atoms with Crippen molar-refractivity contribution in [3.05, 3.63) is 35.8 Å². The molecule has 0 radical (unpaired) electrons. The minimum atomic E-state index is -2.34. The molecular weight excluding hydrogens is 272 g/mol. The van der Waals surface area contributed by atoms with Gasteiger partial charge in [-0.05, 0) is 36.5 Å². The summed E-state index contributed by atoms with van der Waals surface area (Å²) < 4.78 is 26.7. The third kappa shape index (κ3) is 2.18. The zero-order chi connectivity index (χ0) is 14.3. The SMILES string of the molecule is CC(C)c1cnc2cc(F)ccc2c1P1(=O)CCCC1. The van der Waals surface area contributed by atoms with Crippen LogP contribution in [0.3, 0.4) is 0 Å². The van der Waals surface area contributed by atoms with E-state index in [9.17, 15) is 8.96 Å². The summed E-state index contributed by atoms with van der Waals surface area (Å²) >= 11 is 0. The van der Waals surface area contributed by atoms with E-state index in [-0.39, 0.29) is 11.7 Å². The second kappa shape index (κ2) is 4.96. The highest BCUT2D eigenvalue weighted by Gasteiger charge is 2.33. The molecule has 1 aliphatic heterocycles. The normalized spacial score (nSPS) is 18.0. The smallest absolute Gasteiger partial charge is 0.125 e. The number of nitrogens with zero attached hydrogens (tertiary/aromatic N) is 1. The highest BCUT2D eigenvalue weighted by Crippen LogP contribution is 2.53. The Hall–Kier alpha value is -1.21. The standard InChI is InChI=1S/C16H19FNOP/c1-11(2)14-10-18-15-9-12(17)5-6-13(15)16(14)20(19)7-3-4-8-20/h5-6,9-11H,3-4,7-8H2,1-2H3. The fraction of sp³-hybridized carbons (Fsp3) is 0.438. The van der Waals surface area contributed by atoms with Crippen LogP contribution in [0.5, 0.6) is 0 Å². The maximum atomic E-state index is 13.4. The van der Waals surface area contributed by atoms with E-state index < -0.39 is 7.14 Å². The van der Waals surface area contributed by atoms with Gasteiger partial charge in [-0.1, -0.05) is 13.8 Å². The van der Waals surface area contributed by atoms with Crippen LogP contribution >= 0.6 is 7.14 Å². The Bertz CT molecular complexity index is 701. The van der Waals surface area contributed by atoms with E-state index in [1.165, 1.54) is 12.1 Å². The lowest BCUT2D eigenvalue weighted by Gasteiger charge is -2.20. The lowest BCUT2D eigenvalue weighted by Crippen LogP contribution is -2.16. The number of fused-ring (bicyclic) bond motifs is 1. The van der Waals surface area contributed by atoms with Crippen LogP contribution in [0.15, 0.2) is 24.4 Å². The van der Waals surface area contributed by atoms with Crippen LogP contribution in [-0.2, 0) is 4.57 Å². The van der Waals surface area contributed by atoms with Crippen LogP contribution in [0.2, 0.25) is 0 Å². The van der Waals surface area contributed by atoms with E-state index in [0.717, 1.165) is 41.4 Å². The number of halogens is 1. The van der Waals surface area contributed by atoms with Crippen molar-refractivity contribution < 1.29 is 8.96 Å². The Balaban J connectivity index is 2.35. The maximum absolute atomic E-state index is 13.4. The van der Waals surface area contributed by atoms with Crippen LogP contribution in [0.4, 0.5) is 4.39 Å². The van der Waals surface area contributed by atoms with Gasteiger partial charge in [0.15, 0.2) is 0 Å². The fourth-order valence-electron chi connectivity index (χ4n) is 3.11. The largest absolute Gasteiger partial charge is 0.319 e. The highest BCUT2D eigenvalue weighted by molar-refractivity contribution is 7.72. The maximum Gasteiger partial charge on any atom is 0.125 e. The number of hydrogen-bond donors (Lipinski definition) is 0. The molecule has 0 aliphatic carbocycles. The number of pyridine rings is 1. The van der Waals surface area contributed by atoms with Crippen molar-refractivity contribution in [2.45, 2.75) is 32.6 Å². The van der Waals surface area contributed by atoms with Crippen molar-refractivity contribution in [1.29, 1.82) is 0 Å². The molecule has 1 aromatic carbocycles. The molecule has 1 saturated heterocycles. The van der Waals surface area contributed by atoms with Crippen LogP contribution in [0.1, 0.15) is 38.2 Å². The first-order valence-corrected chi connectivity index (χ1v) is 9.26. The van der Waals surface area contributed by atoms with E-state index in [0.29, 0.717) is 5.52 Å². The lowest BCUT2D eigenvalue weighted by molar-refractivity contribution is 0.584. The van der Waals surface area contributed by atoms with E-state index in [2.05, 4.69) is 18.8 Å². The Morgan fingerprint density at radius 2 is 1.95 bits per heavy atom. The molecule has 20 heavy (non-hydrogen) atoms. The lowest BCUT2D eigenvalue weighted by atomic mass is 10.0. The Kier molecular flexibility index (Phi) is 3.41. The van der Waals surface area contributed by atoms with Gasteiger partial charge in [0.25, 0.3) is 0 Å². The van der Waals surface area contributed by atoms with E-state index in [1.807, 2.05) is 0 Å². The zero-order valence-corrected chi connectivity index (χ0v) is 12.8. The van der Waals surface area contributed by atoms with Gasteiger partial charge in [-0.3, -0.25) is 4.98 Å². The van der Waals surface area contributed by atoms with Gasteiger partial charge in [0.1, 0.15) is 13.0 Å². The fourth-order valence-corrected chi connectivity index (χ4v) is 6.67. The first kappa shape index (κ1) is 13.8. The molecule has 0 amide bonds. The number of hydrogen-bond acceptors (Lipinski definition) is 2. The topological polar surface area (TPSA) is 30.0 Å². The predicted molar refractivity (Wildman–Crippen MR) is 82.0 cm³/mol. The molecule has 2 nitrogen and oxygen atoms in total. The second-order valence-electron chi connectivity index (χ2n) is 5.92. The van der Waals surface area contributed by atoms with E-state index >= 15 is 0 Å². The molecule has 0 atom stereocenters. The molecular formula is C16H19FNOP. The predicted octanol–water partition coefficient (Wildman–Crippen LogP) is 4.28. The molecule has 106 valence electrons. The van der Waals surface area contributed by atoms with Gasteiger partial charge in [0.05, 0.1) is 5.52 Å². The molecule has 1 fully saturated rings. The van der Waals surface area contributed by atoms with Crippen molar-refractivity contribution >= 4 is 23.3 Å². The Morgan fingerprint density at radius 3 is 2.60 bits per heavy atom. The molecule has 1 aliphatic rings. The molecule has 0 spiro atoms. The number of rotatable bonds is 2. The van der Waals surface area contributed by atoms with Crippen molar-refractivity contribution in [2.75, 3.05) is 12.3 Å². The van der Waals surface area contributed by atoms with Crippen LogP contribution in [0.25, 0.3) is 10.9 Å². The van der Waals surface area contributed by atoms with Crippen molar-refractivity contribution in [1.82, 2.24) is 4.98 Å². The van der Waals surface area contributed by atoms with Gasteiger partial charge in [-0.25, -0.2) is 4.39 Å². The van der Waals surface area contributed by atoms with Crippen LogP contribution in [-0.4, -0.2) is 17.3 Å². The Labute approximate surface area is 118 Å². The number of aromatic nitrogens is 1.